The van der Waals surface area contributed by atoms with Crippen molar-refractivity contribution < 1.29 is 4.74 Å². The van der Waals surface area contributed by atoms with Crippen molar-refractivity contribution in [2.75, 3.05) is 6.61 Å². The van der Waals surface area contributed by atoms with Crippen LogP contribution in [0.4, 0.5) is 0 Å². The first-order chi connectivity index (χ1) is 9.70. The molecule has 2 unspecified atom stereocenters. The molecule has 0 bridgehead atoms. The predicted octanol–water partition coefficient (Wildman–Crippen LogP) is 5.21. The number of unbranched alkanes of at least 4 members (excludes halogenated alkanes) is 4. The summed E-state index contributed by atoms with van der Waals surface area (Å²) in [6.07, 6.45) is 7.18. The van der Waals surface area contributed by atoms with Crippen molar-refractivity contribution in [1.82, 2.24) is 0 Å². The Labute approximate surface area is 132 Å². The van der Waals surface area contributed by atoms with E-state index >= 15 is 0 Å². The van der Waals surface area contributed by atoms with Gasteiger partial charge in [-0.3, -0.25) is 0 Å². The number of halogens is 1. The first kappa shape index (κ1) is 17.7. The molecular weight excluding hydrogens is 314 g/mol. The second kappa shape index (κ2) is 10.4. The molecule has 0 fully saturated rings. The molecule has 20 heavy (non-hydrogen) atoms. The lowest BCUT2D eigenvalue weighted by Crippen LogP contribution is -2.30. The smallest absolute Gasteiger partial charge is 0.0986 e. The summed E-state index contributed by atoms with van der Waals surface area (Å²) >= 11 is 3.60. The number of rotatable bonds is 10. The first-order valence-electron chi connectivity index (χ1n) is 7.82. The highest BCUT2D eigenvalue weighted by Gasteiger charge is 2.21. The molecule has 0 amide bonds. The van der Waals surface area contributed by atoms with Gasteiger partial charge in [0, 0.05) is 17.1 Å². The summed E-state index contributed by atoms with van der Waals surface area (Å²) in [5, 5.41) is 0. The van der Waals surface area contributed by atoms with Crippen molar-refractivity contribution in [3.8, 4) is 0 Å². The molecule has 3 heteroatoms. The zero-order valence-electron chi connectivity index (χ0n) is 12.8. The molecule has 2 nitrogen and oxygen atoms in total. The van der Waals surface area contributed by atoms with Crippen molar-refractivity contribution in [3.63, 3.8) is 0 Å². The molecule has 0 aliphatic rings. The van der Waals surface area contributed by atoms with E-state index in [0.29, 0.717) is 0 Å². The van der Waals surface area contributed by atoms with Gasteiger partial charge in [0.05, 0.1) is 6.10 Å². The Balaban J connectivity index is 2.51. The minimum absolute atomic E-state index is 0.0123. The van der Waals surface area contributed by atoms with E-state index in [1.165, 1.54) is 25.7 Å². The van der Waals surface area contributed by atoms with Crippen molar-refractivity contribution in [1.29, 1.82) is 0 Å². The molecule has 0 heterocycles. The molecule has 0 radical (unpaired) electrons. The number of nitrogens with two attached hydrogens (primary N) is 1. The maximum absolute atomic E-state index is 6.23. The third kappa shape index (κ3) is 5.94. The van der Waals surface area contributed by atoms with Gasteiger partial charge in [0.25, 0.3) is 0 Å². The number of ether oxygens (including phenoxy) is 1. The molecule has 0 spiro atoms. The third-order valence-electron chi connectivity index (χ3n) is 3.62. The van der Waals surface area contributed by atoms with Crippen LogP contribution >= 0.6 is 15.9 Å². The van der Waals surface area contributed by atoms with Crippen LogP contribution in [-0.2, 0) is 4.74 Å². The highest BCUT2D eigenvalue weighted by Crippen LogP contribution is 2.29. The van der Waals surface area contributed by atoms with E-state index in [0.717, 1.165) is 29.5 Å². The summed E-state index contributed by atoms with van der Waals surface area (Å²) in [7, 11) is 0. The van der Waals surface area contributed by atoms with Crippen LogP contribution in [0.3, 0.4) is 0 Å². The van der Waals surface area contributed by atoms with Crippen molar-refractivity contribution >= 4 is 15.9 Å². The summed E-state index contributed by atoms with van der Waals surface area (Å²) < 4.78 is 7.17. The zero-order valence-corrected chi connectivity index (χ0v) is 14.4. The molecule has 0 saturated carbocycles. The Morgan fingerprint density at radius 3 is 2.45 bits per heavy atom. The lowest BCUT2D eigenvalue weighted by Gasteiger charge is -2.25. The Hall–Kier alpha value is -0.380. The lowest BCUT2D eigenvalue weighted by atomic mass is 10.0. The molecule has 2 atom stereocenters. The fourth-order valence-corrected chi connectivity index (χ4v) is 2.79. The minimum atomic E-state index is -0.0123. The monoisotopic (exact) mass is 341 g/mol. The quantitative estimate of drug-likeness (QED) is 0.592. The largest absolute Gasteiger partial charge is 0.372 e. The van der Waals surface area contributed by atoms with E-state index in [-0.39, 0.29) is 12.1 Å². The molecular formula is C17H28BrNO. The van der Waals surface area contributed by atoms with Crippen LogP contribution in [0.5, 0.6) is 0 Å². The van der Waals surface area contributed by atoms with Gasteiger partial charge in [0.15, 0.2) is 0 Å². The molecule has 0 aliphatic heterocycles. The number of hydrogen-bond donors (Lipinski definition) is 1. The van der Waals surface area contributed by atoms with Gasteiger partial charge in [0.1, 0.15) is 0 Å². The van der Waals surface area contributed by atoms with Crippen LogP contribution < -0.4 is 5.73 Å². The first-order valence-corrected chi connectivity index (χ1v) is 8.61. The summed E-state index contributed by atoms with van der Waals surface area (Å²) in [4.78, 5) is 0. The maximum atomic E-state index is 6.23. The van der Waals surface area contributed by atoms with E-state index in [9.17, 15) is 0 Å². The van der Waals surface area contributed by atoms with E-state index in [4.69, 9.17) is 10.5 Å². The summed E-state index contributed by atoms with van der Waals surface area (Å²) in [5.41, 5.74) is 7.40. The maximum Gasteiger partial charge on any atom is 0.0986 e. The van der Waals surface area contributed by atoms with E-state index in [1.807, 2.05) is 12.1 Å². The Bertz CT molecular complexity index is 370. The third-order valence-corrected chi connectivity index (χ3v) is 4.34. The van der Waals surface area contributed by atoms with Crippen LogP contribution in [0.25, 0.3) is 0 Å². The molecule has 1 rings (SSSR count). The van der Waals surface area contributed by atoms with Crippen molar-refractivity contribution in [2.45, 2.75) is 64.5 Å². The zero-order chi connectivity index (χ0) is 14.8. The van der Waals surface area contributed by atoms with E-state index in [2.05, 4.69) is 41.9 Å². The van der Waals surface area contributed by atoms with E-state index < -0.39 is 0 Å². The highest BCUT2D eigenvalue weighted by molar-refractivity contribution is 9.10. The lowest BCUT2D eigenvalue weighted by molar-refractivity contribution is 0.0306. The van der Waals surface area contributed by atoms with Gasteiger partial charge in [-0.05, 0) is 24.5 Å². The Kier molecular flexibility index (Phi) is 9.16. The number of benzene rings is 1. The molecule has 114 valence electrons. The molecule has 1 aromatic rings. The van der Waals surface area contributed by atoms with E-state index in [1.54, 1.807) is 0 Å². The van der Waals surface area contributed by atoms with Crippen LogP contribution in [0.15, 0.2) is 28.7 Å². The molecule has 2 N–H and O–H groups in total. The summed E-state index contributed by atoms with van der Waals surface area (Å²) in [6.45, 7) is 5.14. The molecule has 0 aliphatic carbocycles. The minimum Gasteiger partial charge on any atom is -0.372 e. The molecule has 0 saturated heterocycles. The van der Waals surface area contributed by atoms with Crippen molar-refractivity contribution in [3.05, 3.63) is 34.3 Å². The van der Waals surface area contributed by atoms with Gasteiger partial charge in [0.2, 0.25) is 0 Å². The molecule has 0 aromatic heterocycles. The van der Waals surface area contributed by atoms with Gasteiger partial charge in [-0.15, -0.1) is 0 Å². The Morgan fingerprint density at radius 1 is 1.10 bits per heavy atom. The summed E-state index contributed by atoms with van der Waals surface area (Å²) in [6, 6.07) is 8.26. The fourth-order valence-electron chi connectivity index (χ4n) is 2.28. The summed E-state index contributed by atoms with van der Waals surface area (Å²) in [5.74, 6) is 0. The van der Waals surface area contributed by atoms with Crippen LogP contribution in [0.1, 0.15) is 64.0 Å². The SMILES string of the molecule is CCCCCCCOC(c1ccccc1Br)C(N)CC. The van der Waals surface area contributed by atoms with Gasteiger partial charge < -0.3 is 10.5 Å². The van der Waals surface area contributed by atoms with Gasteiger partial charge in [-0.1, -0.05) is 73.7 Å². The standard InChI is InChI=1S/C17H28BrNO/c1-3-5-6-7-10-13-20-17(16(19)4-2)14-11-8-9-12-15(14)18/h8-9,11-12,16-17H,3-7,10,13,19H2,1-2H3. The normalized spacial score (nSPS) is 14.2. The van der Waals surface area contributed by atoms with Gasteiger partial charge in [-0.25, -0.2) is 0 Å². The van der Waals surface area contributed by atoms with Gasteiger partial charge >= 0.3 is 0 Å². The topological polar surface area (TPSA) is 35.2 Å². The average molecular weight is 342 g/mol. The van der Waals surface area contributed by atoms with Crippen molar-refractivity contribution in [2.24, 2.45) is 5.73 Å². The fraction of sp³-hybridized carbons (Fsp3) is 0.647. The van der Waals surface area contributed by atoms with Crippen LogP contribution in [0.2, 0.25) is 0 Å². The second-order valence-corrected chi connectivity index (χ2v) is 6.15. The average Bonchev–Trinajstić information content (AvgIpc) is 2.47. The van der Waals surface area contributed by atoms with Crippen LogP contribution in [0, 0.1) is 0 Å². The highest BCUT2D eigenvalue weighted by atomic mass is 79.9. The Morgan fingerprint density at radius 2 is 1.80 bits per heavy atom. The molecule has 1 aromatic carbocycles. The second-order valence-electron chi connectivity index (χ2n) is 5.30. The predicted molar refractivity (Wildman–Crippen MR) is 89.9 cm³/mol. The van der Waals surface area contributed by atoms with Gasteiger partial charge in [-0.2, -0.15) is 0 Å². The van der Waals surface area contributed by atoms with Crippen LogP contribution in [-0.4, -0.2) is 12.6 Å². The number of hydrogen-bond acceptors (Lipinski definition) is 2.